The molecule has 3 aromatic rings. The van der Waals surface area contributed by atoms with Gasteiger partial charge in [0.2, 0.25) is 17.7 Å². The third kappa shape index (κ3) is 5.12. The van der Waals surface area contributed by atoms with Crippen LogP contribution in [-0.4, -0.2) is 57.2 Å². The Morgan fingerprint density at radius 3 is 2.44 bits per heavy atom. The minimum atomic E-state index is 0.112. The van der Waals surface area contributed by atoms with Gasteiger partial charge in [-0.1, -0.05) is 31.5 Å². The maximum atomic E-state index is 12.7. The number of piperazine rings is 1. The molecular formula is C24H30N6O2. The Labute approximate surface area is 188 Å². The highest BCUT2D eigenvalue weighted by molar-refractivity contribution is 5.76. The van der Waals surface area contributed by atoms with Gasteiger partial charge in [0.15, 0.2) is 0 Å². The summed E-state index contributed by atoms with van der Waals surface area (Å²) in [5.41, 5.74) is 3.04. The fourth-order valence-electron chi connectivity index (χ4n) is 3.72. The minimum Gasteiger partial charge on any atom is -0.421 e. The Balaban J connectivity index is 1.29. The fourth-order valence-corrected chi connectivity index (χ4v) is 3.72. The maximum absolute atomic E-state index is 12.7. The summed E-state index contributed by atoms with van der Waals surface area (Å²) in [5, 5.41) is 8.22. The van der Waals surface area contributed by atoms with Gasteiger partial charge in [0, 0.05) is 62.3 Å². The van der Waals surface area contributed by atoms with E-state index >= 15 is 0 Å². The van der Waals surface area contributed by atoms with Gasteiger partial charge in [-0.3, -0.25) is 4.79 Å². The zero-order valence-corrected chi connectivity index (χ0v) is 19.2. The standard InChI is InChI=1S/C24H30N6O2/c1-16(2)23-25-18(4)15-20(26-23)29-11-13-30(14-12-29)22(31)10-9-21-27-28-24(32-21)19-7-5-17(3)6-8-19/h5-8,15-16H,9-14H2,1-4H3. The van der Waals surface area contributed by atoms with E-state index in [1.165, 1.54) is 5.56 Å². The largest absolute Gasteiger partial charge is 0.421 e. The van der Waals surface area contributed by atoms with Gasteiger partial charge in [-0.05, 0) is 26.0 Å². The Hall–Kier alpha value is -3.29. The Morgan fingerprint density at radius 2 is 1.75 bits per heavy atom. The molecule has 0 saturated carbocycles. The monoisotopic (exact) mass is 434 g/mol. The van der Waals surface area contributed by atoms with E-state index in [2.05, 4.69) is 33.9 Å². The highest BCUT2D eigenvalue weighted by atomic mass is 16.4. The lowest BCUT2D eigenvalue weighted by Gasteiger charge is -2.35. The molecule has 0 atom stereocenters. The molecular weight excluding hydrogens is 404 g/mol. The summed E-state index contributed by atoms with van der Waals surface area (Å²) < 4.78 is 5.75. The predicted molar refractivity (Wildman–Crippen MR) is 122 cm³/mol. The summed E-state index contributed by atoms with van der Waals surface area (Å²) in [6.45, 7) is 11.1. The number of hydrogen-bond donors (Lipinski definition) is 0. The lowest BCUT2D eigenvalue weighted by molar-refractivity contribution is -0.131. The van der Waals surface area contributed by atoms with E-state index in [1.54, 1.807) is 0 Å². The molecule has 0 unspecified atom stereocenters. The van der Waals surface area contributed by atoms with Crippen LogP contribution in [0.5, 0.6) is 0 Å². The van der Waals surface area contributed by atoms with Crippen LogP contribution in [0, 0.1) is 13.8 Å². The maximum Gasteiger partial charge on any atom is 0.247 e. The summed E-state index contributed by atoms with van der Waals surface area (Å²) in [4.78, 5) is 26.1. The zero-order valence-electron chi connectivity index (χ0n) is 19.2. The van der Waals surface area contributed by atoms with Gasteiger partial charge in [-0.25, -0.2) is 9.97 Å². The first-order valence-corrected chi connectivity index (χ1v) is 11.2. The van der Waals surface area contributed by atoms with E-state index in [-0.39, 0.29) is 11.8 Å². The molecule has 0 aliphatic carbocycles. The average molecular weight is 435 g/mol. The molecule has 4 rings (SSSR count). The van der Waals surface area contributed by atoms with E-state index in [9.17, 15) is 4.79 Å². The van der Waals surface area contributed by atoms with Crippen molar-refractivity contribution in [2.75, 3.05) is 31.1 Å². The highest BCUT2D eigenvalue weighted by Crippen LogP contribution is 2.20. The molecule has 8 nitrogen and oxygen atoms in total. The quantitative estimate of drug-likeness (QED) is 0.586. The van der Waals surface area contributed by atoms with Crippen LogP contribution in [0.15, 0.2) is 34.7 Å². The third-order valence-electron chi connectivity index (χ3n) is 5.65. The molecule has 168 valence electrons. The number of aryl methyl sites for hydroxylation is 3. The fraction of sp³-hybridized carbons (Fsp3) is 0.458. The van der Waals surface area contributed by atoms with Crippen LogP contribution < -0.4 is 4.90 Å². The van der Waals surface area contributed by atoms with Crippen LogP contribution in [0.3, 0.4) is 0 Å². The molecule has 0 N–H and O–H groups in total. The van der Waals surface area contributed by atoms with Crippen molar-refractivity contribution in [1.29, 1.82) is 0 Å². The third-order valence-corrected chi connectivity index (χ3v) is 5.65. The van der Waals surface area contributed by atoms with Gasteiger partial charge >= 0.3 is 0 Å². The molecule has 1 aromatic carbocycles. The van der Waals surface area contributed by atoms with Crippen LogP contribution in [0.4, 0.5) is 5.82 Å². The van der Waals surface area contributed by atoms with Crippen molar-refractivity contribution in [2.24, 2.45) is 0 Å². The number of aromatic nitrogens is 4. The molecule has 1 saturated heterocycles. The first-order chi connectivity index (χ1) is 15.4. The molecule has 3 heterocycles. The van der Waals surface area contributed by atoms with Crippen molar-refractivity contribution in [1.82, 2.24) is 25.1 Å². The first kappa shape index (κ1) is 21.9. The first-order valence-electron chi connectivity index (χ1n) is 11.2. The smallest absolute Gasteiger partial charge is 0.247 e. The van der Waals surface area contributed by atoms with E-state index < -0.39 is 0 Å². The topological polar surface area (TPSA) is 88.3 Å². The number of rotatable bonds is 6. The number of benzene rings is 1. The molecule has 1 aliphatic heterocycles. The summed E-state index contributed by atoms with van der Waals surface area (Å²) in [6.07, 6.45) is 0.806. The molecule has 1 fully saturated rings. The van der Waals surface area contributed by atoms with Gasteiger partial charge in [0.1, 0.15) is 11.6 Å². The van der Waals surface area contributed by atoms with Crippen molar-refractivity contribution in [3.8, 4) is 11.5 Å². The zero-order chi connectivity index (χ0) is 22.7. The summed E-state index contributed by atoms with van der Waals surface area (Å²) in [5.74, 6) is 3.19. The second kappa shape index (κ2) is 9.46. The SMILES string of the molecule is Cc1ccc(-c2nnc(CCC(=O)N3CCN(c4cc(C)nc(C(C)C)n4)CC3)o2)cc1. The lowest BCUT2D eigenvalue weighted by Crippen LogP contribution is -2.49. The molecule has 2 aromatic heterocycles. The molecule has 0 bridgehead atoms. The highest BCUT2D eigenvalue weighted by Gasteiger charge is 2.23. The van der Waals surface area contributed by atoms with Crippen LogP contribution in [0.25, 0.3) is 11.5 Å². The van der Waals surface area contributed by atoms with Gasteiger partial charge in [0.25, 0.3) is 0 Å². The summed E-state index contributed by atoms with van der Waals surface area (Å²) >= 11 is 0. The Kier molecular flexibility index (Phi) is 6.48. The van der Waals surface area contributed by atoms with E-state index in [4.69, 9.17) is 9.40 Å². The van der Waals surface area contributed by atoms with Gasteiger partial charge in [0.05, 0.1) is 0 Å². The molecule has 1 amide bonds. The molecule has 8 heteroatoms. The van der Waals surface area contributed by atoms with Crippen LogP contribution >= 0.6 is 0 Å². The molecule has 1 aliphatic rings. The van der Waals surface area contributed by atoms with Crippen molar-refractivity contribution in [3.63, 3.8) is 0 Å². The number of anilines is 1. The van der Waals surface area contributed by atoms with Crippen LogP contribution in [0.2, 0.25) is 0 Å². The minimum absolute atomic E-state index is 0.112. The van der Waals surface area contributed by atoms with Crippen molar-refractivity contribution in [3.05, 3.63) is 53.3 Å². The van der Waals surface area contributed by atoms with Gasteiger partial charge in [-0.2, -0.15) is 0 Å². The normalized spacial score (nSPS) is 14.3. The number of hydrogen-bond acceptors (Lipinski definition) is 7. The molecule has 0 radical (unpaired) electrons. The Morgan fingerprint density at radius 1 is 1.03 bits per heavy atom. The lowest BCUT2D eigenvalue weighted by atomic mass is 10.1. The number of carbonyl (C=O) groups excluding carboxylic acids is 1. The molecule has 32 heavy (non-hydrogen) atoms. The van der Waals surface area contributed by atoms with E-state index in [0.29, 0.717) is 37.7 Å². The van der Waals surface area contributed by atoms with E-state index in [1.807, 2.05) is 49.1 Å². The Bertz CT molecular complexity index is 1070. The number of nitrogens with zero attached hydrogens (tertiary/aromatic N) is 6. The van der Waals surface area contributed by atoms with Crippen molar-refractivity contribution in [2.45, 2.75) is 46.5 Å². The molecule has 0 spiro atoms. The van der Waals surface area contributed by atoms with Crippen LogP contribution in [0.1, 0.15) is 49.2 Å². The number of amides is 1. The second-order valence-corrected chi connectivity index (χ2v) is 8.62. The second-order valence-electron chi connectivity index (χ2n) is 8.62. The summed E-state index contributed by atoms with van der Waals surface area (Å²) in [7, 11) is 0. The van der Waals surface area contributed by atoms with E-state index in [0.717, 1.165) is 36.0 Å². The van der Waals surface area contributed by atoms with Crippen molar-refractivity contribution < 1.29 is 9.21 Å². The number of carbonyl (C=O) groups is 1. The predicted octanol–water partition coefficient (Wildman–Crippen LogP) is 3.55. The summed E-state index contributed by atoms with van der Waals surface area (Å²) in [6, 6.07) is 9.95. The average Bonchev–Trinajstić information content (AvgIpc) is 3.26. The van der Waals surface area contributed by atoms with Gasteiger partial charge in [-0.15, -0.1) is 10.2 Å². The van der Waals surface area contributed by atoms with Crippen molar-refractivity contribution >= 4 is 11.7 Å². The van der Waals surface area contributed by atoms with Crippen LogP contribution in [-0.2, 0) is 11.2 Å². The van der Waals surface area contributed by atoms with Gasteiger partial charge < -0.3 is 14.2 Å².